The summed E-state index contributed by atoms with van der Waals surface area (Å²) in [6, 6.07) is 5.31. The van der Waals surface area contributed by atoms with Crippen LogP contribution >= 0.6 is 0 Å². The first-order valence-electron chi connectivity index (χ1n) is 17.1. The molecule has 3 N–H and O–H groups in total. The summed E-state index contributed by atoms with van der Waals surface area (Å²) in [6.07, 6.45) is 4.96. The van der Waals surface area contributed by atoms with Crippen LogP contribution in [0.3, 0.4) is 0 Å². The highest BCUT2D eigenvalue weighted by molar-refractivity contribution is 5.69. The minimum Gasteiger partial charge on any atom is -0.480 e. The van der Waals surface area contributed by atoms with Gasteiger partial charge in [-0.2, -0.15) is 13.2 Å². The average molecular weight is 624 g/mol. The zero-order chi connectivity index (χ0) is 32.1. The fraction of sp³-hybridized carbons (Fsp3) is 0.703. The number of anilines is 1. The number of alkyl halides is 3. The highest BCUT2D eigenvalue weighted by Crippen LogP contribution is 3.05. The summed E-state index contributed by atoms with van der Waals surface area (Å²) in [5, 5.41) is 15.5. The molecule has 5 nitrogen and oxygen atoms in total. The van der Waals surface area contributed by atoms with E-state index in [-0.39, 0.29) is 12.5 Å². The second-order valence-corrected chi connectivity index (χ2v) is 16.8. The van der Waals surface area contributed by atoms with Gasteiger partial charge in [-0.25, -0.2) is 0 Å². The molecular formula is C37H48F3N3O2. The largest absolute Gasteiger partial charge is 0.480 e. The maximum absolute atomic E-state index is 13.3. The normalized spacial score (nSPS) is 51.0. The Morgan fingerprint density at radius 2 is 1.64 bits per heavy atom. The molecule has 0 spiro atoms. The van der Waals surface area contributed by atoms with Crippen LogP contribution in [0.1, 0.15) is 59.9 Å². The van der Waals surface area contributed by atoms with Crippen molar-refractivity contribution in [3.8, 4) is 0 Å². The molecule has 1 aromatic rings. The lowest BCUT2D eigenvalue weighted by Gasteiger charge is -3.05. The number of carboxylic acid groups (broad SMARTS) is 1. The van der Waals surface area contributed by atoms with Crippen molar-refractivity contribution in [1.82, 2.24) is 10.6 Å². The highest BCUT2D eigenvalue weighted by Gasteiger charge is 3.01. The molecule has 7 aliphatic rings. The van der Waals surface area contributed by atoms with Crippen LogP contribution in [0.25, 0.3) is 0 Å². The van der Waals surface area contributed by atoms with E-state index in [0.29, 0.717) is 58.3 Å². The van der Waals surface area contributed by atoms with Crippen molar-refractivity contribution in [2.75, 3.05) is 31.1 Å². The van der Waals surface area contributed by atoms with E-state index in [1.165, 1.54) is 25.0 Å². The van der Waals surface area contributed by atoms with Crippen LogP contribution in [-0.4, -0.2) is 37.3 Å². The number of aliphatic carboxylic acids is 1. The third-order valence-corrected chi connectivity index (χ3v) is 16.6. The van der Waals surface area contributed by atoms with Gasteiger partial charge in [0.15, 0.2) is 0 Å². The van der Waals surface area contributed by atoms with Crippen LogP contribution in [0, 0.1) is 74.4 Å². The van der Waals surface area contributed by atoms with E-state index in [0.717, 1.165) is 53.5 Å². The first kappa shape index (κ1) is 29.9. The van der Waals surface area contributed by atoms with Gasteiger partial charge in [0.2, 0.25) is 0 Å². The molecule has 13 unspecified atom stereocenters. The zero-order valence-corrected chi connectivity index (χ0v) is 27.3. The lowest BCUT2D eigenvalue weighted by atomic mass is 8.99. The van der Waals surface area contributed by atoms with Crippen molar-refractivity contribution < 1.29 is 23.1 Å². The molecular weight excluding hydrogens is 575 g/mol. The van der Waals surface area contributed by atoms with E-state index in [9.17, 15) is 18.0 Å². The summed E-state index contributed by atoms with van der Waals surface area (Å²) in [5.41, 5.74) is 2.08. The maximum Gasteiger partial charge on any atom is 0.416 e. The van der Waals surface area contributed by atoms with E-state index in [1.54, 1.807) is 0 Å². The standard InChI is InChI=1S/C37H48F3N3O2/c1-20-14-25-29-31-30-26-15-23(33(26,3)35(30,5)36(31,6)34(29,4)32(20,25)2)8-7-9-27-42-17-21(16-41-18-28(44)45)19-43(27)24-12-10-22(11-13-24)37(38,39)40/h7-13,20-21,23,25-26,29-31,41-42H,14-19H2,1-6H3,(H,44,45)/b8-7-,27-9+. The molecule has 1 heterocycles. The Balaban J connectivity index is 1.01. The maximum atomic E-state index is 13.3. The van der Waals surface area contributed by atoms with Crippen LogP contribution in [0.2, 0.25) is 0 Å². The van der Waals surface area contributed by atoms with Gasteiger partial charge in [0, 0.05) is 31.2 Å². The van der Waals surface area contributed by atoms with Gasteiger partial charge in [0.1, 0.15) is 5.82 Å². The van der Waals surface area contributed by atoms with Gasteiger partial charge in [-0.05, 0) is 112 Å². The first-order chi connectivity index (χ1) is 21.1. The Labute approximate surface area is 265 Å². The lowest BCUT2D eigenvalue weighted by molar-refractivity contribution is -0.584. The fourth-order valence-corrected chi connectivity index (χ4v) is 14.1. The molecule has 8 rings (SSSR count). The predicted molar refractivity (Wildman–Crippen MR) is 168 cm³/mol. The number of hydrogen-bond acceptors (Lipinski definition) is 4. The van der Waals surface area contributed by atoms with Gasteiger partial charge in [0.05, 0.1) is 12.1 Å². The quantitative estimate of drug-likeness (QED) is 0.285. The number of fused-ring (bicyclic) bond motifs is 13. The Morgan fingerprint density at radius 1 is 1.00 bits per heavy atom. The molecule has 13 atom stereocenters. The molecule has 0 aromatic heterocycles. The number of nitrogens with zero attached hydrogens (tertiary/aromatic N) is 1. The molecule has 8 heteroatoms. The minimum absolute atomic E-state index is 0.0947. The smallest absolute Gasteiger partial charge is 0.416 e. The third-order valence-electron chi connectivity index (χ3n) is 16.6. The number of halogens is 3. The van der Waals surface area contributed by atoms with Crippen molar-refractivity contribution in [2.45, 2.75) is 60.6 Å². The van der Waals surface area contributed by atoms with Crippen molar-refractivity contribution in [3.63, 3.8) is 0 Å². The summed E-state index contributed by atoms with van der Waals surface area (Å²) in [7, 11) is 0. The molecule has 1 saturated heterocycles. The molecule has 45 heavy (non-hydrogen) atoms. The topological polar surface area (TPSA) is 64.6 Å². The lowest BCUT2D eigenvalue weighted by Crippen LogP contribution is -3.01. The van der Waals surface area contributed by atoms with E-state index < -0.39 is 17.7 Å². The Bertz CT molecular complexity index is 1510. The SMILES string of the molecule is CC1CC2C3C4C5C6CC(/C=C\C=C7/NCC(CNCC(=O)O)CN7c7ccc(C(F)(F)F)cc7)C6(C)C5(C)C4(C)C3(C)C12C. The van der Waals surface area contributed by atoms with Gasteiger partial charge in [-0.3, -0.25) is 4.79 Å². The summed E-state index contributed by atoms with van der Waals surface area (Å²) in [5.74, 6) is 5.94. The summed E-state index contributed by atoms with van der Waals surface area (Å²) in [6.45, 7) is 17.2. The number of allylic oxidation sites excluding steroid dienone is 3. The van der Waals surface area contributed by atoms with Gasteiger partial charge < -0.3 is 20.6 Å². The van der Waals surface area contributed by atoms with E-state index >= 15 is 0 Å². The van der Waals surface area contributed by atoms with Gasteiger partial charge in [-0.1, -0.05) is 53.7 Å². The molecule has 6 saturated carbocycles. The van der Waals surface area contributed by atoms with E-state index in [4.69, 9.17) is 5.11 Å². The molecule has 6 aliphatic carbocycles. The van der Waals surface area contributed by atoms with Gasteiger partial charge >= 0.3 is 12.1 Å². The van der Waals surface area contributed by atoms with Crippen LogP contribution < -0.4 is 15.5 Å². The fourth-order valence-electron chi connectivity index (χ4n) is 14.1. The molecule has 244 valence electrons. The Morgan fingerprint density at radius 3 is 2.27 bits per heavy atom. The average Bonchev–Trinajstić information content (AvgIpc) is 3.00. The number of nitrogens with one attached hydrogen (secondary N) is 2. The molecule has 0 amide bonds. The van der Waals surface area contributed by atoms with Crippen molar-refractivity contribution in [3.05, 3.63) is 53.9 Å². The van der Waals surface area contributed by atoms with Crippen molar-refractivity contribution in [1.29, 1.82) is 0 Å². The second kappa shape index (κ2) is 8.90. The van der Waals surface area contributed by atoms with Crippen LogP contribution in [0.5, 0.6) is 0 Å². The number of hydrogen-bond donors (Lipinski definition) is 3. The number of rotatable bonds is 7. The number of benzene rings is 1. The summed E-state index contributed by atoms with van der Waals surface area (Å²) in [4.78, 5) is 13.0. The molecule has 7 fully saturated rings. The van der Waals surface area contributed by atoms with E-state index in [1.807, 2.05) is 4.90 Å². The summed E-state index contributed by atoms with van der Waals surface area (Å²) >= 11 is 0. The monoisotopic (exact) mass is 623 g/mol. The molecule has 0 bridgehead atoms. The molecule has 1 aromatic carbocycles. The molecule has 0 radical (unpaired) electrons. The molecule has 1 aliphatic heterocycles. The van der Waals surface area contributed by atoms with Crippen LogP contribution in [0.4, 0.5) is 18.9 Å². The third kappa shape index (κ3) is 3.10. The predicted octanol–water partition coefficient (Wildman–Crippen LogP) is 7.03. The minimum atomic E-state index is -4.39. The first-order valence-corrected chi connectivity index (χ1v) is 17.1. The van der Waals surface area contributed by atoms with Gasteiger partial charge in [0.25, 0.3) is 0 Å². The zero-order valence-electron chi connectivity index (χ0n) is 27.3. The Hall–Kier alpha value is -2.48. The van der Waals surface area contributed by atoms with Gasteiger partial charge in [-0.15, -0.1) is 0 Å². The highest BCUT2D eigenvalue weighted by atomic mass is 19.4. The van der Waals surface area contributed by atoms with Crippen molar-refractivity contribution >= 4 is 11.7 Å². The number of carbonyl (C=O) groups is 1. The number of carboxylic acids is 1. The van der Waals surface area contributed by atoms with Crippen LogP contribution in [0.15, 0.2) is 48.3 Å². The summed E-state index contributed by atoms with van der Waals surface area (Å²) < 4.78 is 39.8. The second-order valence-electron chi connectivity index (χ2n) is 16.8. The van der Waals surface area contributed by atoms with Crippen LogP contribution in [-0.2, 0) is 11.0 Å². The van der Waals surface area contributed by atoms with Crippen molar-refractivity contribution in [2.24, 2.45) is 74.4 Å². The van der Waals surface area contributed by atoms with E-state index in [2.05, 4.69) is 70.4 Å². The Kier molecular flexibility index (Phi) is 5.91.